The van der Waals surface area contributed by atoms with Crippen molar-refractivity contribution in [3.05, 3.63) is 24.3 Å². The third-order valence-electron chi connectivity index (χ3n) is 3.75. The summed E-state index contributed by atoms with van der Waals surface area (Å²) in [5, 5.41) is 5.55. The lowest BCUT2D eigenvalue weighted by atomic mass is 10.2. The molecule has 2 N–H and O–H groups in total. The maximum atomic E-state index is 11.8. The topological polar surface area (TPSA) is 61.4 Å². The van der Waals surface area contributed by atoms with Crippen LogP contribution in [0.2, 0.25) is 0 Å². The van der Waals surface area contributed by atoms with E-state index >= 15 is 0 Å². The minimum atomic E-state index is -0.886. The molecule has 0 bridgehead atoms. The van der Waals surface area contributed by atoms with Crippen molar-refractivity contribution < 1.29 is 9.00 Å². The van der Waals surface area contributed by atoms with Gasteiger partial charge in [0.2, 0.25) is 0 Å². The SMILES string of the molecule is CS(=O)CCNC(=O)Nc1cccc(N2CCCCCC2)c1. The summed E-state index contributed by atoms with van der Waals surface area (Å²) in [7, 11) is -0.886. The molecule has 1 atom stereocenters. The molecule has 2 amide bonds. The zero-order valence-electron chi connectivity index (χ0n) is 13.1. The molecule has 1 aliphatic heterocycles. The summed E-state index contributed by atoms with van der Waals surface area (Å²) in [6.45, 7) is 2.58. The van der Waals surface area contributed by atoms with E-state index in [1.807, 2.05) is 18.2 Å². The van der Waals surface area contributed by atoms with Crippen LogP contribution in [0.4, 0.5) is 16.2 Å². The Morgan fingerprint density at radius 3 is 2.64 bits per heavy atom. The summed E-state index contributed by atoms with van der Waals surface area (Å²) < 4.78 is 11.0. The van der Waals surface area contributed by atoms with Crippen LogP contribution in [0.15, 0.2) is 24.3 Å². The fourth-order valence-corrected chi connectivity index (χ4v) is 2.98. The van der Waals surface area contributed by atoms with Gasteiger partial charge in [-0.25, -0.2) is 4.79 Å². The summed E-state index contributed by atoms with van der Waals surface area (Å²) in [4.78, 5) is 14.2. The molecule has 22 heavy (non-hydrogen) atoms. The van der Waals surface area contributed by atoms with Gasteiger partial charge in [0.1, 0.15) is 0 Å². The number of carbonyl (C=O) groups excluding carboxylic acids is 1. The quantitative estimate of drug-likeness (QED) is 0.875. The molecule has 1 fully saturated rings. The largest absolute Gasteiger partial charge is 0.371 e. The predicted molar refractivity (Wildman–Crippen MR) is 93.1 cm³/mol. The van der Waals surface area contributed by atoms with Crippen LogP contribution in [0.3, 0.4) is 0 Å². The fourth-order valence-electron chi connectivity index (χ4n) is 2.59. The molecule has 122 valence electrons. The number of rotatable bonds is 5. The average Bonchev–Trinajstić information content (AvgIpc) is 2.76. The second kappa shape index (κ2) is 8.78. The summed E-state index contributed by atoms with van der Waals surface area (Å²) in [5.74, 6) is 0.473. The van der Waals surface area contributed by atoms with Crippen LogP contribution in [-0.4, -0.2) is 41.9 Å². The Morgan fingerprint density at radius 1 is 1.23 bits per heavy atom. The first-order chi connectivity index (χ1) is 10.6. The Kier molecular flexibility index (Phi) is 6.71. The minimum Gasteiger partial charge on any atom is -0.371 e. The summed E-state index contributed by atoms with van der Waals surface area (Å²) in [6, 6.07) is 7.71. The van der Waals surface area contributed by atoms with Crippen LogP contribution < -0.4 is 15.5 Å². The Morgan fingerprint density at radius 2 is 1.95 bits per heavy atom. The predicted octanol–water partition coefficient (Wildman–Crippen LogP) is 2.57. The van der Waals surface area contributed by atoms with Crippen LogP contribution in [0.25, 0.3) is 0 Å². The lowest BCUT2D eigenvalue weighted by Crippen LogP contribution is -2.31. The second-order valence-electron chi connectivity index (χ2n) is 5.61. The number of hydrogen-bond donors (Lipinski definition) is 2. The van der Waals surface area contributed by atoms with Gasteiger partial charge >= 0.3 is 6.03 Å². The van der Waals surface area contributed by atoms with E-state index in [4.69, 9.17) is 0 Å². The zero-order chi connectivity index (χ0) is 15.8. The molecule has 1 heterocycles. The van der Waals surface area contributed by atoms with Gasteiger partial charge in [0, 0.05) is 53.8 Å². The highest BCUT2D eigenvalue weighted by molar-refractivity contribution is 7.84. The van der Waals surface area contributed by atoms with Gasteiger partial charge in [-0.3, -0.25) is 4.21 Å². The molecule has 0 saturated carbocycles. The molecule has 0 aliphatic carbocycles. The number of anilines is 2. The third-order valence-corrected chi connectivity index (χ3v) is 4.53. The standard InChI is InChI=1S/C16H25N3O2S/c1-22(21)12-9-17-16(20)18-14-7-6-8-15(13-14)19-10-4-2-3-5-11-19/h6-8,13H,2-5,9-12H2,1H3,(H2,17,18,20). The van der Waals surface area contributed by atoms with Crippen molar-refractivity contribution in [2.45, 2.75) is 25.7 Å². The van der Waals surface area contributed by atoms with E-state index in [0.717, 1.165) is 24.5 Å². The number of nitrogens with zero attached hydrogens (tertiary/aromatic N) is 1. The van der Waals surface area contributed by atoms with Crippen LogP contribution in [0.5, 0.6) is 0 Å². The molecule has 5 nitrogen and oxygen atoms in total. The van der Waals surface area contributed by atoms with Crippen molar-refractivity contribution in [1.82, 2.24) is 5.32 Å². The first kappa shape index (κ1) is 16.8. The van der Waals surface area contributed by atoms with Gasteiger partial charge in [0.15, 0.2) is 0 Å². The molecule has 6 heteroatoms. The van der Waals surface area contributed by atoms with Crippen molar-refractivity contribution in [2.24, 2.45) is 0 Å². The van der Waals surface area contributed by atoms with Crippen LogP contribution >= 0.6 is 0 Å². The van der Waals surface area contributed by atoms with Gasteiger partial charge in [-0.1, -0.05) is 18.9 Å². The number of urea groups is 1. The molecule has 0 radical (unpaired) electrons. The van der Waals surface area contributed by atoms with Crippen molar-refractivity contribution >= 4 is 28.2 Å². The van der Waals surface area contributed by atoms with E-state index < -0.39 is 10.8 Å². The lowest BCUT2D eigenvalue weighted by molar-refractivity contribution is 0.252. The second-order valence-corrected chi connectivity index (χ2v) is 7.16. The van der Waals surface area contributed by atoms with E-state index in [2.05, 4.69) is 21.6 Å². The van der Waals surface area contributed by atoms with Gasteiger partial charge in [0.25, 0.3) is 0 Å². The Labute approximate surface area is 134 Å². The maximum absolute atomic E-state index is 11.8. The summed E-state index contributed by atoms with van der Waals surface area (Å²) in [5.41, 5.74) is 1.95. The average molecular weight is 323 g/mol. The van der Waals surface area contributed by atoms with Crippen molar-refractivity contribution in [3.8, 4) is 0 Å². The molecule has 1 aromatic carbocycles. The first-order valence-electron chi connectivity index (χ1n) is 7.85. The van der Waals surface area contributed by atoms with Gasteiger partial charge in [-0.15, -0.1) is 0 Å². The smallest absolute Gasteiger partial charge is 0.319 e. The molecule has 0 spiro atoms. The lowest BCUT2D eigenvalue weighted by Gasteiger charge is -2.23. The van der Waals surface area contributed by atoms with Gasteiger partial charge in [-0.2, -0.15) is 0 Å². The highest BCUT2D eigenvalue weighted by Crippen LogP contribution is 2.22. The van der Waals surface area contributed by atoms with Crippen LogP contribution in [0.1, 0.15) is 25.7 Å². The van der Waals surface area contributed by atoms with Crippen LogP contribution in [-0.2, 0) is 10.8 Å². The number of hydrogen-bond acceptors (Lipinski definition) is 3. The van der Waals surface area contributed by atoms with E-state index in [1.165, 1.54) is 25.7 Å². The number of carbonyl (C=O) groups is 1. The molecular formula is C16H25N3O2S. The highest BCUT2D eigenvalue weighted by atomic mass is 32.2. The Balaban J connectivity index is 1.90. The van der Waals surface area contributed by atoms with Crippen LogP contribution in [0, 0.1) is 0 Å². The molecule has 1 unspecified atom stereocenters. The van der Waals surface area contributed by atoms with Gasteiger partial charge in [0.05, 0.1) is 0 Å². The number of nitrogens with one attached hydrogen (secondary N) is 2. The first-order valence-corrected chi connectivity index (χ1v) is 9.58. The zero-order valence-corrected chi connectivity index (χ0v) is 14.0. The molecule has 1 aromatic rings. The van der Waals surface area contributed by atoms with E-state index in [0.29, 0.717) is 12.3 Å². The minimum absolute atomic E-state index is 0.251. The monoisotopic (exact) mass is 323 g/mol. The normalized spacial score (nSPS) is 16.7. The van der Waals surface area contributed by atoms with E-state index in [-0.39, 0.29) is 6.03 Å². The third kappa shape index (κ3) is 5.67. The van der Waals surface area contributed by atoms with Gasteiger partial charge in [-0.05, 0) is 31.0 Å². The number of benzene rings is 1. The van der Waals surface area contributed by atoms with E-state index in [9.17, 15) is 9.00 Å². The summed E-state index contributed by atoms with van der Waals surface area (Å²) in [6.07, 6.45) is 6.69. The fraction of sp³-hybridized carbons (Fsp3) is 0.562. The molecule has 1 saturated heterocycles. The van der Waals surface area contributed by atoms with Crippen molar-refractivity contribution in [2.75, 3.05) is 41.9 Å². The number of amides is 2. The maximum Gasteiger partial charge on any atom is 0.319 e. The molecular weight excluding hydrogens is 298 g/mol. The van der Waals surface area contributed by atoms with Gasteiger partial charge < -0.3 is 15.5 Å². The molecule has 2 rings (SSSR count). The van der Waals surface area contributed by atoms with E-state index in [1.54, 1.807) is 6.26 Å². The van der Waals surface area contributed by atoms with Crippen molar-refractivity contribution in [3.63, 3.8) is 0 Å². The summed E-state index contributed by atoms with van der Waals surface area (Å²) >= 11 is 0. The molecule has 0 aromatic heterocycles. The van der Waals surface area contributed by atoms with Crippen molar-refractivity contribution in [1.29, 1.82) is 0 Å². The highest BCUT2D eigenvalue weighted by Gasteiger charge is 2.10. The Bertz CT molecular complexity index is 514. The Hall–Kier alpha value is -1.56. The molecule has 1 aliphatic rings.